The molecule has 0 aliphatic heterocycles. The molecule has 6 heteroatoms. The van der Waals surface area contributed by atoms with E-state index in [-0.39, 0.29) is 32.2 Å². The number of ether oxygens (including phenoxy) is 1. The SMILES string of the molecule is Cl.OCCN(CCO)CC(O)COc1ccc(C23CC4CC(CC(C4)C2)C3)cc1. The summed E-state index contributed by atoms with van der Waals surface area (Å²) in [5.74, 6) is 3.62. The minimum Gasteiger partial charge on any atom is -0.491 e. The Morgan fingerprint density at radius 2 is 1.45 bits per heavy atom. The van der Waals surface area contributed by atoms with E-state index < -0.39 is 6.10 Å². The summed E-state index contributed by atoms with van der Waals surface area (Å²) in [7, 11) is 0. The summed E-state index contributed by atoms with van der Waals surface area (Å²) in [6.07, 6.45) is 7.82. The van der Waals surface area contributed by atoms with Crippen LogP contribution in [0.3, 0.4) is 0 Å². The molecule has 1 unspecified atom stereocenters. The van der Waals surface area contributed by atoms with Gasteiger partial charge in [0.1, 0.15) is 18.5 Å². The predicted molar refractivity (Wildman–Crippen MR) is 116 cm³/mol. The van der Waals surface area contributed by atoms with Gasteiger partial charge in [0, 0.05) is 19.6 Å². The van der Waals surface area contributed by atoms with Crippen molar-refractivity contribution in [3.05, 3.63) is 29.8 Å². The average Bonchev–Trinajstić information content (AvgIpc) is 2.66. The number of aliphatic hydroxyl groups excluding tert-OH is 3. The van der Waals surface area contributed by atoms with E-state index in [4.69, 9.17) is 14.9 Å². The molecule has 4 bridgehead atoms. The maximum atomic E-state index is 10.2. The molecule has 0 heterocycles. The standard InChI is InChI=1S/C23H35NO4.ClH/c25-7-5-24(6-8-26)15-21(27)16-28-22-3-1-20(2-4-22)23-12-17-9-18(13-23)11-19(10-17)14-23;/h1-4,17-19,21,25-27H,5-16H2;1H. The Labute approximate surface area is 180 Å². The molecule has 3 N–H and O–H groups in total. The quantitative estimate of drug-likeness (QED) is 0.537. The first-order chi connectivity index (χ1) is 13.6. The number of aliphatic hydroxyl groups is 3. The van der Waals surface area contributed by atoms with E-state index in [1.165, 1.54) is 44.1 Å². The maximum Gasteiger partial charge on any atom is 0.119 e. The lowest BCUT2D eigenvalue weighted by molar-refractivity contribution is -0.00522. The summed E-state index contributed by atoms with van der Waals surface area (Å²) < 4.78 is 5.80. The first-order valence-corrected chi connectivity index (χ1v) is 11.0. The molecule has 4 saturated carbocycles. The van der Waals surface area contributed by atoms with Crippen LogP contribution in [-0.2, 0) is 5.41 Å². The van der Waals surface area contributed by atoms with Crippen molar-refractivity contribution >= 4 is 12.4 Å². The van der Waals surface area contributed by atoms with Crippen LogP contribution in [-0.4, -0.2) is 65.8 Å². The Morgan fingerprint density at radius 1 is 0.931 bits per heavy atom. The van der Waals surface area contributed by atoms with Crippen LogP contribution >= 0.6 is 12.4 Å². The molecule has 4 aliphatic rings. The highest BCUT2D eigenvalue weighted by molar-refractivity contribution is 5.85. The smallest absolute Gasteiger partial charge is 0.119 e. The van der Waals surface area contributed by atoms with E-state index in [1.807, 2.05) is 4.90 Å². The first-order valence-electron chi connectivity index (χ1n) is 11.0. The summed E-state index contributed by atoms with van der Waals surface area (Å²) in [5, 5.41) is 28.3. The highest BCUT2D eigenvalue weighted by Gasteiger charge is 2.51. The van der Waals surface area contributed by atoms with Gasteiger partial charge in [-0.05, 0) is 79.4 Å². The highest BCUT2D eigenvalue weighted by atomic mass is 35.5. The summed E-state index contributed by atoms with van der Waals surface area (Å²) in [4.78, 5) is 1.84. The van der Waals surface area contributed by atoms with Crippen molar-refractivity contribution in [1.82, 2.24) is 4.90 Å². The zero-order valence-corrected chi connectivity index (χ0v) is 18.0. The lowest BCUT2D eigenvalue weighted by Gasteiger charge is -2.57. The zero-order chi connectivity index (χ0) is 19.6. The summed E-state index contributed by atoms with van der Waals surface area (Å²) >= 11 is 0. The third kappa shape index (κ3) is 5.26. The van der Waals surface area contributed by atoms with Crippen molar-refractivity contribution in [1.29, 1.82) is 0 Å². The van der Waals surface area contributed by atoms with E-state index >= 15 is 0 Å². The van der Waals surface area contributed by atoms with Gasteiger partial charge in [0.05, 0.1) is 13.2 Å². The van der Waals surface area contributed by atoms with Crippen molar-refractivity contribution in [2.75, 3.05) is 39.5 Å². The minimum absolute atomic E-state index is 0. The van der Waals surface area contributed by atoms with E-state index in [9.17, 15) is 5.11 Å². The van der Waals surface area contributed by atoms with Gasteiger partial charge in [-0.2, -0.15) is 0 Å². The second-order valence-corrected chi connectivity index (χ2v) is 9.43. The molecule has 1 aromatic carbocycles. The number of halogens is 1. The van der Waals surface area contributed by atoms with Gasteiger partial charge in [-0.25, -0.2) is 0 Å². The van der Waals surface area contributed by atoms with Gasteiger partial charge in [-0.1, -0.05) is 12.1 Å². The zero-order valence-electron chi connectivity index (χ0n) is 17.2. The molecule has 4 aliphatic carbocycles. The summed E-state index contributed by atoms with van der Waals surface area (Å²) in [5.41, 5.74) is 1.89. The lowest BCUT2D eigenvalue weighted by Crippen LogP contribution is -2.48. The topological polar surface area (TPSA) is 73.2 Å². The van der Waals surface area contributed by atoms with Gasteiger partial charge < -0.3 is 20.1 Å². The molecule has 164 valence electrons. The highest BCUT2D eigenvalue weighted by Crippen LogP contribution is 2.60. The number of hydrogen-bond acceptors (Lipinski definition) is 5. The van der Waals surface area contributed by atoms with E-state index in [2.05, 4.69) is 24.3 Å². The van der Waals surface area contributed by atoms with Gasteiger partial charge in [0.15, 0.2) is 0 Å². The predicted octanol–water partition coefficient (Wildman–Crippen LogP) is 2.60. The molecule has 1 aromatic rings. The Kier molecular flexibility index (Phi) is 7.85. The van der Waals surface area contributed by atoms with Crippen LogP contribution in [0.25, 0.3) is 0 Å². The molecule has 0 amide bonds. The van der Waals surface area contributed by atoms with Gasteiger partial charge in [-0.3, -0.25) is 4.90 Å². The van der Waals surface area contributed by atoms with Crippen LogP contribution in [0.1, 0.15) is 44.1 Å². The van der Waals surface area contributed by atoms with Crippen LogP contribution in [0, 0.1) is 17.8 Å². The Morgan fingerprint density at radius 3 is 1.93 bits per heavy atom. The third-order valence-corrected chi connectivity index (χ3v) is 7.25. The molecule has 0 aromatic heterocycles. The Bertz CT molecular complexity index is 597. The molecule has 0 saturated heterocycles. The maximum absolute atomic E-state index is 10.2. The van der Waals surface area contributed by atoms with Gasteiger partial charge in [0.2, 0.25) is 0 Å². The monoisotopic (exact) mass is 425 g/mol. The number of rotatable bonds is 10. The fourth-order valence-electron chi connectivity index (χ4n) is 6.49. The second kappa shape index (κ2) is 9.97. The normalized spacial score (nSPS) is 31.0. The number of nitrogens with zero attached hydrogens (tertiary/aromatic N) is 1. The third-order valence-electron chi connectivity index (χ3n) is 7.25. The minimum atomic E-state index is -0.652. The lowest BCUT2D eigenvalue weighted by atomic mass is 9.48. The van der Waals surface area contributed by atoms with E-state index in [1.54, 1.807) is 0 Å². The van der Waals surface area contributed by atoms with Crippen LogP contribution in [0.15, 0.2) is 24.3 Å². The summed E-state index contributed by atoms with van der Waals surface area (Å²) in [6.45, 7) is 1.50. The van der Waals surface area contributed by atoms with E-state index in [0.29, 0.717) is 25.0 Å². The molecule has 4 fully saturated rings. The summed E-state index contributed by atoms with van der Waals surface area (Å²) in [6, 6.07) is 8.61. The first kappa shape index (κ1) is 22.8. The van der Waals surface area contributed by atoms with Crippen LogP contribution in [0.4, 0.5) is 0 Å². The molecule has 0 radical (unpaired) electrons. The van der Waals surface area contributed by atoms with Crippen molar-refractivity contribution < 1.29 is 20.1 Å². The van der Waals surface area contributed by atoms with Crippen molar-refractivity contribution in [3.63, 3.8) is 0 Å². The second-order valence-electron chi connectivity index (χ2n) is 9.43. The van der Waals surface area contributed by atoms with Crippen molar-refractivity contribution in [2.24, 2.45) is 17.8 Å². The van der Waals surface area contributed by atoms with Crippen LogP contribution in [0.2, 0.25) is 0 Å². The molecule has 5 rings (SSSR count). The van der Waals surface area contributed by atoms with Crippen LogP contribution < -0.4 is 4.74 Å². The van der Waals surface area contributed by atoms with Crippen molar-refractivity contribution in [2.45, 2.75) is 50.0 Å². The van der Waals surface area contributed by atoms with Gasteiger partial charge in [-0.15, -0.1) is 12.4 Å². The van der Waals surface area contributed by atoms with Gasteiger partial charge >= 0.3 is 0 Å². The molecule has 0 spiro atoms. The molecular weight excluding hydrogens is 390 g/mol. The van der Waals surface area contributed by atoms with Crippen LogP contribution in [0.5, 0.6) is 5.75 Å². The fourth-order valence-corrected chi connectivity index (χ4v) is 6.49. The van der Waals surface area contributed by atoms with Gasteiger partial charge in [0.25, 0.3) is 0 Å². The fraction of sp³-hybridized carbons (Fsp3) is 0.739. The Hall–Kier alpha value is -0.850. The average molecular weight is 426 g/mol. The molecule has 29 heavy (non-hydrogen) atoms. The molecule has 1 atom stereocenters. The number of hydrogen-bond donors (Lipinski definition) is 3. The Balaban J connectivity index is 0.00000240. The van der Waals surface area contributed by atoms with Crippen molar-refractivity contribution in [3.8, 4) is 5.75 Å². The van der Waals surface area contributed by atoms with E-state index in [0.717, 1.165) is 23.5 Å². The number of benzene rings is 1. The molecular formula is C23H36ClNO4. The largest absolute Gasteiger partial charge is 0.491 e. The molecule has 5 nitrogen and oxygen atoms in total.